The minimum Gasteiger partial charge on any atom is -0.497 e. The van der Waals surface area contributed by atoms with Crippen LogP contribution in [-0.4, -0.2) is 60.2 Å². The van der Waals surface area contributed by atoms with E-state index in [1.807, 2.05) is 44.2 Å². The van der Waals surface area contributed by atoms with E-state index in [-0.39, 0.29) is 18.4 Å². The van der Waals surface area contributed by atoms with Gasteiger partial charge < -0.3 is 24.4 Å². The molecule has 1 aliphatic heterocycles. The third-order valence-corrected chi connectivity index (χ3v) is 5.98. The summed E-state index contributed by atoms with van der Waals surface area (Å²) >= 11 is 0. The van der Waals surface area contributed by atoms with Gasteiger partial charge in [-0.1, -0.05) is 23.4 Å². The van der Waals surface area contributed by atoms with E-state index in [0.717, 1.165) is 33.3 Å². The SMILES string of the molecule is COc1ccc2cc(CNC(=O)N3CCN(C(=O)Cc4c(C)noc4C)CC3)ccc2c1. The highest BCUT2D eigenvalue weighted by Gasteiger charge is 2.25. The number of methoxy groups -OCH3 is 1. The zero-order valence-corrected chi connectivity index (χ0v) is 18.7. The van der Waals surface area contributed by atoms with Crippen LogP contribution < -0.4 is 10.1 Å². The predicted molar refractivity (Wildman–Crippen MR) is 121 cm³/mol. The van der Waals surface area contributed by atoms with E-state index in [9.17, 15) is 9.59 Å². The summed E-state index contributed by atoms with van der Waals surface area (Å²) in [6.45, 7) is 6.17. The summed E-state index contributed by atoms with van der Waals surface area (Å²) in [5, 5.41) is 9.09. The molecule has 1 saturated heterocycles. The highest BCUT2D eigenvalue weighted by Crippen LogP contribution is 2.22. The number of amides is 3. The standard InChI is InChI=1S/C24H28N4O4/c1-16-22(17(2)32-26-16)14-23(29)27-8-10-28(11-9-27)24(30)25-15-18-4-5-20-13-21(31-3)7-6-19(20)12-18/h4-7,12-13H,8-11,14-15H2,1-3H3,(H,25,30). The van der Waals surface area contributed by atoms with E-state index in [1.54, 1.807) is 16.9 Å². The average Bonchev–Trinajstić information content (AvgIpc) is 3.14. The minimum atomic E-state index is -0.113. The van der Waals surface area contributed by atoms with Gasteiger partial charge in [0.2, 0.25) is 5.91 Å². The van der Waals surface area contributed by atoms with E-state index in [4.69, 9.17) is 9.26 Å². The number of rotatable bonds is 5. The summed E-state index contributed by atoms with van der Waals surface area (Å²) in [4.78, 5) is 28.8. The normalized spacial score (nSPS) is 14.0. The summed E-state index contributed by atoms with van der Waals surface area (Å²) in [5.41, 5.74) is 2.63. The summed E-state index contributed by atoms with van der Waals surface area (Å²) in [7, 11) is 1.65. The number of benzene rings is 2. The topological polar surface area (TPSA) is 87.9 Å². The molecule has 0 unspecified atom stereocenters. The van der Waals surface area contributed by atoms with Crippen LogP contribution in [0.1, 0.15) is 22.6 Å². The molecule has 1 aromatic heterocycles. The zero-order chi connectivity index (χ0) is 22.7. The highest BCUT2D eigenvalue weighted by molar-refractivity contribution is 5.85. The van der Waals surface area contributed by atoms with Gasteiger partial charge in [0, 0.05) is 38.3 Å². The first-order valence-corrected chi connectivity index (χ1v) is 10.7. The third-order valence-electron chi connectivity index (χ3n) is 5.98. The number of fused-ring (bicyclic) bond motifs is 1. The van der Waals surface area contributed by atoms with Crippen LogP contribution in [0.15, 0.2) is 40.9 Å². The maximum Gasteiger partial charge on any atom is 0.317 e. The average molecular weight is 437 g/mol. The molecule has 0 atom stereocenters. The van der Waals surface area contributed by atoms with Crippen molar-refractivity contribution in [2.45, 2.75) is 26.8 Å². The second kappa shape index (κ2) is 9.30. The van der Waals surface area contributed by atoms with Crippen molar-refractivity contribution < 1.29 is 18.8 Å². The van der Waals surface area contributed by atoms with Crippen LogP contribution in [0.25, 0.3) is 10.8 Å². The highest BCUT2D eigenvalue weighted by atomic mass is 16.5. The maximum atomic E-state index is 12.6. The van der Waals surface area contributed by atoms with Crippen molar-refractivity contribution in [3.05, 3.63) is 59.0 Å². The first kappa shape index (κ1) is 21.7. The van der Waals surface area contributed by atoms with Crippen molar-refractivity contribution in [2.75, 3.05) is 33.3 Å². The molecule has 32 heavy (non-hydrogen) atoms. The van der Waals surface area contributed by atoms with Crippen LogP contribution in [0.2, 0.25) is 0 Å². The Bertz CT molecular complexity index is 1110. The molecule has 3 amide bonds. The van der Waals surface area contributed by atoms with Crippen LogP contribution in [0.4, 0.5) is 4.79 Å². The molecule has 0 aliphatic carbocycles. The lowest BCUT2D eigenvalue weighted by molar-refractivity contribution is -0.131. The van der Waals surface area contributed by atoms with E-state index < -0.39 is 0 Å². The summed E-state index contributed by atoms with van der Waals surface area (Å²) < 4.78 is 10.4. The molecular weight excluding hydrogens is 408 g/mol. The molecule has 4 rings (SSSR count). The van der Waals surface area contributed by atoms with Crippen molar-refractivity contribution in [1.82, 2.24) is 20.3 Å². The number of hydrogen-bond donors (Lipinski definition) is 1. The number of aryl methyl sites for hydroxylation is 2. The molecule has 1 N–H and O–H groups in total. The summed E-state index contributed by atoms with van der Waals surface area (Å²) in [5.74, 6) is 1.54. The molecule has 0 saturated carbocycles. The van der Waals surface area contributed by atoms with E-state index in [2.05, 4.69) is 16.5 Å². The smallest absolute Gasteiger partial charge is 0.317 e. The molecule has 1 fully saturated rings. The zero-order valence-electron chi connectivity index (χ0n) is 18.7. The molecular formula is C24H28N4O4. The Morgan fingerprint density at radius 1 is 1.03 bits per heavy atom. The first-order chi connectivity index (χ1) is 15.4. The Labute approximate surface area is 187 Å². The van der Waals surface area contributed by atoms with Crippen LogP contribution in [-0.2, 0) is 17.8 Å². The van der Waals surface area contributed by atoms with Crippen LogP contribution in [0.5, 0.6) is 5.75 Å². The van der Waals surface area contributed by atoms with Gasteiger partial charge in [0.05, 0.1) is 19.2 Å². The van der Waals surface area contributed by atoms with Gasteiger partial charge in [0.25, 0.3) is 0 Å². The van der Waals surface area contributed by atoms with Gasteiger partial charge in [-0.15, -0.1) is 0 Å². The number of ether oxygens (including phenoxy) is 1. The number of nitrogens with one attached hydrogen (secondary N) is 1. The van der Waals surface area contributed by atoms with Gasteiger partial charge in [-0.05, 0) is 48.4 Å². The molecule has 8 nitrogen and oxygen atoms in total. The second-order valence-corrected chi connectivity index (χ2v) is 8.05. The quantitative estimate of drug-likeness (QED) is 0.664. The number of aromatic nitrogens is 1. The Morgan fingerprint density at radius 3 is 2.41 bits per heavy atom. The lowest BCUT2D eigenvalue weighted by atomic mass is 10.1. The van der Waals surface area contributed by atoms with Crippen LogP contribution in [0.3, 0.4) is 0 Å². The van der Waals surface area contributed by atoms with Crippen LogP contribution in [0, 0.1) is 13.8 Å². The van der Waals surface area contributed by atoms with Crippen molar-refractivity contribution in [3.63, 3.8) is 0 Å². The van der Waals surface area contributed by atoms with E-state index >= 15 is 0 Å². The summed E-state index contributed by atoms with van der Waals surface area (Å²) in [6, 6.07) is 11.9. The Hall–Kier alpha value is -3.55. The predicted octanol–water partition coefficient (Wildman–Crippen LogP) is 3.05. The number of nitrogens with zero attached hydrogens (tertiary/aromatic N) is 3. The largest absolute Gasteiger partial charge is 0.497 e. The minimum absolute atomic E-state index is 0.0345. The van der Waals surface area contributed by atoms with E-state index in [1.165, 1.54) is 0 Å². The molecule has 0 spiro atoms. The number of carbonyl (C=O) groups is 2. The number of hydrogen-bond acceptors (Lipinski definition) is 5. The fraction of sp³-hybridized carbons (Fsp3) is 0.375. The van der Waals surface area contributed by atoms with Gasteiger partial charge >= 0.3 is 6.03 Å². The molecule has 2 heterocycles. The van der Waals surface area contributed by atoms with Gasteiger partial charge in [-0.2, -0.15) is 0 Å². The van der Waals surface area contributed by atoms with Crippen molar-refractivity contribution in [1.29, 1.82) is 0 Å². The number of urea groups is 1. The maximum absolute atomic E-state index is 12.6. The number of carbonyl (C=O) groups excluding carboxylic acids is 2. The molecule has 0 bridgehead atoms. The lowest BCUT2D eigenvalue weighted by Gasteiger charge is -2.34. The Balaban J connectivity index is 1.27. The lowest BCUT2D eigenvalue weighted by Crippen LogP contribution is -2.53. The van der Waals surface area contributed by atoms with Gasteiger partial charge in [0.15, 0.2) is 0 Å². The molecule has 0 radical (unpaired) electrons. The van der Waals surface area contributed by atoms with E-state index in [0.29, 0.717) is 38.5 Å². The first-order valence-electron chi connectivity index (χ1n) is 10.7. The molecule has 8 heteroatoms. The molecule has 1 aliphatic rings. The molecule has 168 valence electrons. The number of piperazine rings is 1. The Kier molecular flexibility index (Phi) is 6.30. The van der Waals surface area contributed by atoms with Gasteiger partial charge in [-0.25, -0.2) is 4.79 Å². The fourth-order valence-corrected chi connectivity index (χ4v) is 3.98. The van der Waals surface area contributed by atoms with Crippen LogP contribution >= 0.6 is 0 Å². The monoisotopic (exact) mass is 436 g/mol. The van der Waals surface area contributed by atoms with Crippen molar-refractivity contribution in [3.8, 4) is 5.75 Å². The Morgan fingerprint density at radius 2 is 1.72 bits per heavy atom. The summed E-state index contributed by atoms with van der Waals surface area (Å²) in [6.07, 6.45) is 0.279. The third kappa shape index (κ3) is 4.69. The van der Waals surface area contributed by atoms with Gasteiger partial charge in [-0.3, -0.25) is 4.79 Å². The molecule has 2 aromatic carbocycles. The van der Waals surface area contributed by atoms with Crippen molar-refractivity contribution in [2.24, 2.45) is 0 Å². The van der Waals surface area contributed by atoms with Crippen molar-refractivity contribution >= 4 is 22.7 Å². The van der Waals surface area contributed by atoms with Gasteiger partial charge in [0.1, 0.15) is 11.5 Å². The fourth-order valence-electron chi connectivity index (χ4n) is 3.98. The molecule has 3 aromatic rings. The second-order valence-electron chi connectivity index (χ2n) is 8.05.